The summed E-state index contributed by atoms with van der Waals surface area (Å²) in [5.41, 5.74) is 0. The van der Waals surface area contributed by atoms with Crippen LogP contribution in [0.4, 0.5) is 5.82 Å². The Morgan fingerprint density at radius 1 is 1.64 bits per heavy atom. The van der Waals surface area contributed by atoms with Crippen molar-refractivity contribution in [3.63, 3.8) is 0 Å². The first-order valence-corrected chi connectivity index (χ1v) is 5.77. The Hall–Kier alpha value is 0.01000. The van der Waals surface area contributed by atoms with Gasteiger partial charge in [0.1, 0.15) is 5.82 Å². The van der Waals surface area contributed by atoms with E-state index in [1.807, 2.05) is 24.9 Å². The van der Waals surface area contributed by atoms with Crippen LogP contribution in [0.3, 0.4) is 0 Å². The van der Waals surface area contributed by atoms with Crippen molar-refractivity contribution in [3.8, 4) is 0 Å². The van der Waals surface area contributed by atoms with Crippen LogP contribution < -0.4 is 4.90 Å². The normalized spacial score (nSPS) is 12.6. The molecule has 2 nitrogen and oxygen atoms in total. The molecule has 1 heterocycles. The maximum atomic E-state index is 5.90. The molecule has 1 aromatic rings. The second kappa shape index (κ2) is 5.19. The van der Waals surface area contributed by atoms with Crippen LogP contribution in [0.1, 0.15) is 6.92 Å². The van der Waals surface area contributed by atoms with Gasteiger partial charge in [-0.15, -0.1) is 11.6 Å². The van der Waals surface area contributed by atoms with Gasteiger partial charge in [0.15, 0.2) is 0 Å². The third-order valence-corrected chi connectivity index (χ3v) is 2.60. The minimum absolute atomic E-state index is 0.0874. The summed E-state index contributed by atoms with van der Waals surface area (Å²) in [4.78, 5) is 6.20. The Bertz CT molecular complexity index is 318. The van der Waals surface area contributed by atoms with Crippen LogP contribution in [-0.4, -0.2) is 24.0 Å². The van der Waals surface area contributed by atoms with E-state index in [4.69, 9.17) is 23.2 Å². The molecule has 1 rings (SSSR count). The fourth-order valence-electron chi connectivity index (χ4n) is 1.15. The van der Waals surface area contributed by atoms with E-state index in [9.17, 15) is 0 Å². The molecule has 0 N–H and O–H groups in total. The van der Waals surface area contributed by atoms with Gasteiger partial charge in [-0.3, -0.25) is 0 Å². The summed E-state index contributed by atoms with van der Waals surface area (Å²) in [6.07, 6.45) is 1.62. The van der Waals surface area contributed by atoms with Crippen molar-refractivity contribution >= 4 is 44.9 Å². The predicted molar refractivity (Wildman–Crippen MR) is 65.5 cm³/mol. The van der Waals surface area contributed by atoms with Crippen LogP contribution in [0.2, 0.25) is 5.02 Å². The molecule has 0 aliphatic rings. The van der Waals surface area contributed by atoms with Gasteiger partial charge in [0.2, 0.25) is 0 Å². The van der Waals surface area contributed by atoms with Crippen molar-refractivity contribution in [2.45, 2.75) is 12.3 Å². The number of pyridine rings is 1. The zero-order valence-electron chi connectivity index (χ0n) is 7.97. The number of halogens is 3. The maximum Gasteiger partial charge on any atom is 0.142 e. The van der Waals surface area contributed by atoms with Gasteiger partial charge in [0.25, 0.3) is 0 Å². The number of nitrogens with zero attached hydrogens (tertiary/aromatic N) is 2. The standard InChI is InChI=1S/C9H11BrCl2N2/c1-6(11)5-14(2)9-8(10)3-7(12)4-13-9/h3-4,6H,5H2,1-2H3. The third-order valence-electron chi connectivity index (χ3n) is 1.68. The molecule has 14 heavy (non-hydrogen) atoms. The second-order valence-corrected chi connectivity index (χ2v) is 5.16. The molecule has 0 fully saturated rings. The van der Waals surface area contributed by atoms with E-state index < -0.39 is 0 Å². The Kier molecular flexibility index (Phi) is 4.48. The largest absolute Gasteiger partial charge is 0.357 e. The lowest BCUT2D eigenvalue weighted by Crippen LogP contribution is -2.25. The van der Waals surface area contributed by atoms with Gasteiger partial charge in [-0.25, -0.2) is 4.98 Å². The van der Waals surface area contributed by atoms with Crippen molar-refractivity contribution in [2.24, 2.45) is 0 Å². The highest BCUT2D eigenvalue weighted by molar-refractivity contribution is 9.10. The number of alkyl halides is 1. The molecular weight excluding hydrogens is 287 g/mol. The first-order valence-electron chi connectivity index (χ1n) is 4.17. The van der Waals surface area contributed by atoms with E-state index in [1.54, 1.807) is 6.20 Å². The maximum absolute atomic E-state index is 5.90. The molecule has 5 heteroatoms. The predicted octanol–water partition coefficient (Wildman–Crippen LogP) is 3.56. The Morgan fingerprint density at radius 3 is 2.79 bits per heavy atom. The van der Waals surface area contributed by atoms with Gasteiger partial charge in [0, 0.05) is 25.2 Å². The second-order valence-electron chi connectivity index (χ2n) is 3.12. The van der Waals surface area contributed by atoms with Gasteiger partial charge >= 0.3 is 0 Å². The van der Waals surface area contributed by atoms with Gasteiger partial charge in [-0.1, -0.05) is 11.6 Å². The Balaban J connectivity index is 2.84. The number of rotatable bonds is 3. The lowest BCUT2D eigenvalue weighted by Gasteiger charge is -2.20. The van der Waals surface area contributed by atoms with Gasteiger partial charge in [-0.05, 0) is 28.9 Å². The van der Waals surface area contributed by atoms with Gasteiger partial charge < -0.3 is 4.90 Å². The molecule has 0 radical (unpaired) electrons. The van der Waals surface area contributed by atoms with E-state index in [-0.39, 0.29) is 5.38 Å². The fourth-order valence-corrected chi connectivity index (χ4v) is 2.30. The minimum atomic E-state index is 0.0874. The zero-order valence-corrected chi connectivity index (χ0v) is 11.1. The molecule has 1 atom stereocenters. The van der Waals surface area contributed by atoms with Crippen molar-refractivity contribution in [1.29, 1.82) is 0 Å². The summed E-state index contributed by atoms with van der Waals surface area (Å²) in [5, 5.41) is 0.706. The molecule has 0 bridgehead atoms. The summed E-state index contributed by atoms with van der Waals surface area (Å²) < 4.78 is 0.879. The molecular formula is C9H11BrCl2N2. The first-order chi connectivity index (χ1) is 6.50. The third kappa shape index (κ3) is 3.30. The average Bonchev–Trinajstić information content (AvgIpc) is 2.01. The molecule has 0 saturated carbocycles. The smallest absolute Gasteiger partial charge is 0.142 e. The van der Waals surface area contributed by atoms with E-state index >= 15 is 0 Å². The van der Waals surface area contributed by atoms with Crippen LogP contribution in [0.5, 0.6) is 0 Å². The Morgan fingerprint density at radius 2 is 2.29 bits per heavy atom. The monoisotopic (exact) mass is 296 g/mol. The summed E-state index contributed by atoms with van der Waals surface area (Å²) >= 11 is 15.1. The first kappa shape index (κ1) is 12.1. The van der Waals surface area contributed by atoms with Crippen molar-refractivity contribution < 1.29 is 0 Å². The fraction of sp³-hybridized carbons (Fsp3) is 0.444. The highest BCUT2D eigenvalue weighted by Gasteiger charge is 2.09. The summed E-state index contributed by atoms with van der Waals surface area (Å²) in [6.45, 7) is 2.69. The summed E-state index contributed by atoms with van der Waals surface area (Å²) in [5.74, 6) is 0.849. The minimum Gasteiger partial charge on any atom is -0.357 e. The zero-order chi connectivity index (χ0) is 10.7. The molecule has 0 aliphatic heterocycles. The average molecular weight is 298 g/mol. The highest BCUT2D eigenvalue weighted by Crippen LogP contribution is 2.25. The van der Waals surface area contributed by atoms with E-state index in [1.165, 1.54) is 0 Å². The van der Waals surface area contributed by atoms with Gasteiger partial charge in [0.05, 0.1) is 9.50 Å². The number of aromatic nitrogens is 1. The SMILES string of the molecule is CC(Cl)CN(C)c1ncc(Cl)cc1Br. The number of hydrogen-bond donors (Lipinski definition) is 0. The van der Waals surface area contributed by atoms with E-state index in [0.29, 0.717) is 5.02 Å². The number of hydrogen-bond acceptors (Lipinski definition) is 2. The summed E-state index contributed by atoms with van der Waals surface area (Å²) in [6, 6.07) is 1.82. The van der Waals surface area contributed by atoms with E-state index in [0.717, 1.165) is 16.8 Å². The highest BCUT2D eigenvalue weighted by atomic mass is 79.9. The quantitative estimate of drug-likeness (QED) is 0.793. The van der Waals surface area contributed by atoms with Crippen LogP contribution in [0.15, 0.2) is 16.7 Å². The van der Waals surface area contributed by atoms with Crippen LogP contribution in [-0.2, 0) is 0 Å². The van der Waals surface area contributed by atoms with Crippen molar-refractivity contribution in [3.05, 3.63) is 21.8 Å². The Labute approximate surface area is 102 Å². The van der Waals surface area contributed by atoms with Crippen LogP contribution >= 0.6 is 39.1 Å². The van der Waals surface area contributed by atoms with E-state index in [2.05, 4.69) is 20.9 Å². The molecule has 1 unspecified atom stereocenters. The molecule has 0 aromatic carbocycles. The lowest BCUT2D eigenvalue weighted by molar-refractivity contribution is 0.842. The topological polar surface area (TPSA) is 16.1 Å². The summed E-state index contributed by atoms with van der Waals surface area (Å²) in [7, 11) is 1.94. The van der Waals surface area contributed by atoms with Crippen LogP contribution in [0.25, 0.3) is 0 Å². The lowest BCUT2D eigenvalue weighted by atomic mass is 10.4. The number of anilines is 1. The molecule has 0 amide bonds. The molecule has 1 aromatic heterocycles. The van der Waals surface area contributed by atoms with Gasteiger partial charge in [-0.2, -0.15) is 0 Å². The molecule has 78 valence electrons. The molecule has 0 saturated heterocycles. The van der Waals surface area contributed by atoms with Crippen molar-refractivity contribution in [1.82, 2.24) is 4.98 Å². The van der Waals surface area contributed by atoms with Crippen molar-refractivity contribution in [2.75, 3.05) is 18.5 Å². The molecule has 0 spiro atoms. The molecule has 0 aliphatic carbocycles. The van der Waals surface area contributed by atoms with Crippen LogP contribution in [0, 0.1) is 0 Å².